The Kier molecular flexibility index (Phi) is 6.80. The van der Waals surface area contributed by atoms with Crippen LogP contribution in [0.2, 0.25) is 0 Å². The molecule has 2 heterocycles. The van der Waals surface area contributed by atoms with E-state index in [0.717, 1.165) is 11.4 Å². The van der Waals surface area contributed by atoms with E-state index in [1.54, 1.807) is 25.6 Å². The van der Waals surface area contributed by atoms with Crippen molar-refractivity contribution in [1.82, 2.24) is 19.7 Å². The first-order valence-corrected chi connectivity index (χ1v) is 8.09. The molecule has 0 aliphatic heterocycles. The van der Waals surface area contributed by atoms with Crippen molar-refractivity contribution < 1.29 is 14.3 Å². The molecule has 0 spiro atoms. The maximum absolute atomic E-state index is 12.0. The molecule has 0 unspecified atom stereocenters. The number of aromatic amines is 1. The van der Waals surface area contributed by atoms with E-state index in [1.807, 2.05) is 35.8 Å². The molecule has 3 rings (SSSR count). The summed E-state index contributed by atoms with van der Waals surface area (Å²) >= 11 is 0. The van der Waals surface area contributed by atoms with E-state index in [4.69, 9.17) is 9.47 Å². The third kappa shape index (κ3) is 4.43. The van der Waals surface area contributed by atoms with Gasteiger partial charge in [0.15, 0.2) is 5.69 Å². The Hall–Kier alpha value is -2.80. The van der Waals surface area contributed by atoms with Gasteiger partial charge < -0.3 is 14.0 Å². The van der Waals surface area contributed by atoms with Crippen LogP contribution >= 0.6 is 12.4 Å². The van der Waals surface area contributed by atoms with Crippen molar-refractivity contribution in [2.45, 2.75) is 20.4 Å². The minimum absolute atomic E-state index is 0. The molecule has 138 valence electrons. The number of nitrogens with zero attached hydrogens (tertiary/aromatic N) is 3. The summed E-state index contributed by atoms with van der Waals surface area (Å²) < 4.78 is 12.7. The molecule has 0 aliphatic rings. The van der Waals surface area contributed by atoms with Crippen molar-refractivity contribution in [1.29, 1.82) is 0 Å². The average molecular weight is 377 g/mol. The summed E-state index contributed by atoms with van der Waals surface area (Å²) in [7, 11) is 0. The summed E-state index contributed by atoms with van der Waals surface area (Å²) in [6.07, 6.45) is 5.00. The van der Waals surface area contributed by atoms with E-state index in [2.05, 4.69) is 15.2 Å². The highest BCUT2D eigenvalue weighted by atomic mass is 35.5. The molecule has 26 heavy (non-hydrogen) atoms. The van der Waals surface area contributed by atoms with Crippen molar-refractivity contribution in [3.63, 3.8) is 0 Å². The number of hydrogen-bond acceptors (Lipinski definition) is 5. The van der Waals surface area contributed by atoms with Crippen molar-refractivity contribution in [2.24, 2.45) is 0 Å². The number of H-pyrrole nitrogens is 1. The third-order valence-corrected chi connectivity index (χ3v) is 3.73. The fraction of sp³-hybridized carbons (Fsp3) is 0.278. The zero-order valence-corrected chi connectivity index (χ0v) is 15.5. The van der Waals surface area contributed by atoms with Crippen molar-refractivity contribution in [3.05, 3.63) is 54.2 Å². The van der Waals surface area contributed by atoms with Crippen LogP contribution in [0.15, 0.2) is 43.0 Å². The molecular formula is C18H21ClN4O3. The minimum Gasteiger partial charge on any atom is -0.492 e. The zero-order chi connectivity index (χ0) is 17.6. The van der Waals surface area contributed by atoms with Crippen LogP contribution in [0.25, 0.3) is 11.3 Å². The van der Waals surface area contributed by atoms with Gasteiger partial charge in [-0.2, -0.15) is 5.10 Å². The molecular weight excluding hydrogens is 356 g/mol. The Morgan fingerprint density at radius 2 is 2.00 bits per heavy atom. The number of esters is 1. The Labute approximate surface area is 157 Å². The van der Waals surface area contributed by atoms with Gasteiger partial charge in [-0.25, -0.2) is 9.78 Å². The number of aromatic nitrogens is 4. The number of imidazole rings is 1. The Morgan fingerprint density at radius 3 is 2.73 bits per heavy atom. The first kappa shape index (κ1) is 19.5. The highest BCUT2D eigenvalue weighted by Crippen LogP contribution is 2.22. The summed E-state index contributed by atoms with van der Waals surface area (Å²) in [6, 6.07) is 7.91. The Morgan fingerprint density at radius 1 is 1.23 bits per heavy atom. The van der Waals surface area contributed by atoms with Crippen LogP contribution in [0.1, 0.15) is 23.0 Å². The van der Waals surface area contributed by atoms with Crippen molar-refractivity contribution >= 4 is 18.4 Å². The van der Waals surface area contributed by atoms with Gasteiger partial charge in [0.1, 0.15) is 12.4 Å². The lowest BCUT2D eigenvalue weighted by Crippen LogP contribution is -2.10. The molecule has 3 aromatic rings. The number of halogens is 1. The van der Waals surface area contributed by atoms with Gasteiger partial charge in [-0.1, -0.05) is 17.7 Å². The van der Waals surface area contributed by atoms with Crippen molar-refractivity contribution in [3.8, 4) is 17.0 Å². The van der Waals surface area contributed by atoms with Crippen LogP contribution in [0, 0.1) is 6.92 Å². The molecule has 1 N–H and O–H groups in total. The minimum atomic E-state index is -0.432. The van der Waals surface area contributed by atoms with E-state index < -0.39 is 5.97 Å². The number of rotatable bonds is 7. The van der Waals surface area contributed by atoms with Gasteiger partial charge in [-0.15, -0.1) is 12.4 Å². The lowest BCUT2D eigenvalue weighted by molar-refractivity contribution is 0.0520. The molecule has 0 radical (unpaired) electrons. The summed E-state index contributed by atoms with van der Waals surface area (Å²) in [6.45, 7) is 5.19. The second-order valence-corrected chi connectivity index (χ2v) is 5.51. The van der Waals surface area contributed by atoms with Gasteiger partial charge in [0, 0.05) is 0 Å². The second kappa shape index (κ2) is 9.05. The quantitative estimate of drug-likeness (QED) is 0.640. The van der Waals surface area contributed by atoms with Crippen LogP contribution < -0.4 is 4.74 Å². The van der Waals surface area contributed by atoms with Gasteiger partial charge in [-0.3, -0.25) is 5.10 Å². The number of aryl methyl sites for hydroxylation is 1. The molecule has 0 fully saturated rings. The van der Waals surface area contributed by atoms with Crippen LogP contribution in [0.5, 0.6) is 5.75 Å². The zero-order valence-electron chi connectivity index (χ0n) is 14.6. The topological polar surface area (TPSA) is 82.0 Å². The molecule has 2 aromatic heterocycles. The number of hydrogen-bond donors (Lipinski definition) is 1. The van der Waals surface area contributed by atoms with E-state index in [0.29, 0.717) is 31.0 Å². The highest BCUT2D eigenvalue weighted by molar-refractivity contribution is 5.94. The summed E-state index contributed by atoms with van der Waals surface area (Å²) in [5, 5.41) is 6.66. The maximum atomic E-state index is 12.0. The smallest absolute Gasteiger partial charge is 0.357 e. The molecule has 0 amide bonds. The average Bonchev–Trinajstić information content (AvgIpc) is 3.25. The first-order valence-electron chi connectivity index (χ1n) is 8.09. The van der Waals surface area contributed by atoms with Crippen molar-refractivity contribution in [2.75, 3.05) is 13.2 Å². The SMILES string of the molecule is CCOC(=O)c1[nH]ncc1-c1cncn1CCOc1ccc(C)cc1.Cl. The predicted octanol–water partition coefficient (Wildman–Crippen LogP) is 3.26. The van der Waals surface area contributed by atoms with E-state index in [-0.39, 0.29) is 12.4 Å². The number of carbonyl (C=O) groups is 1. The van der Waals surface area contributed by atoms with Gasteiger partial charge in [0.05, 0.1) is 43.1 Å². The van der Waals surface area contributed by atoms with Gasteiger partial charge in [0.2, 0.25) is 0 Å². The largest absolute Gasteiger partial charge is 0.492 e. The third-order valence-electron chi connectivity index (χ3n) is 3.73. The number of nitrogens with one attached hydrogen (secondary N) is 1. The molecule has 8 heteroatoms. The van der Waals surface area contributed by atoms with Crippen LogP contribution in [0.3, 0.4) is 0 Å². The Balaban J connectivity index is 0.00000243. The first-order chi connectivity index (χ1) is 12.2. The molecule has 0 aliphatic carbocycles. The normalized spacial score (nSPS) is 10.2. The lowest BCUT2D eigenvalue weighted by atomic mass is 10.2. The molecule has 0 atom stereocenters. The van der Waals surface area contributed by atoms with E-state index in [9.17, 15) is 4.79 Å². The van der Waals surface area contributed by atoms with Crippen LogP contribution in [-0.2, 0) is 11.3 Å². The molecule has 0 saturated heterocycles. The summed E-state index contributed by atoms with van der Waals surface area (Å²) in [4.78, 5) is 16.2. The van der Waals surface area contributed by atoms with E-state index >= 15 is 0 Å². The monoisotopic (exact) mass is 376 g/mol. The molecule has 7 nitrogen and oxygen atoms in total. The van der Waals surface area contributed by atoms with Gasteiger partial charge in [0.25, 0.3) is 0 Å². The fourth-order valence-electron chi connectivity index (χ4n) is 2.46. The van der Waals surface area contributed by atoms with Crippen LogP contribution in [0.4, 0.5) is 0 Å². The molecule has 1 aromatic carbocycles. The predicted molar refractivity (Wildman–Crippen MR) is 99.7 cm³/mol. The Bertz CT molecular complexity index is 842. The number of carbonyl (C=O) groups excluding carboxylic acids is 1. The summed E-state index contributed by atoms with van der Waals surface area (Å²) in [5.41, 5.74) is 2.95. The lowest BCUT2D eigenvalue weighted by Gasteiger charge is -2.10. The standard InChI is InChI=1S/C18H20N4O3.ClH/c1-3-24-18(23)17-15(10-20-21-17)16-11-19-12-22(16)8-9-25-14-6-4-13(2)5-7-14;/h4-7,10-12H,3,8-9H2,1-2H3,(H,20,21);1H. The van der Waals surface area contributed by atoms with Gasteiger partial charge in [-0.05, 0) is 26.0 Å². The molecule has 0 bridgehead atoms. The summed E-state index contributed by atoms with van der Waals surface area (Å²) in [5.74, 6) is 0.390. The highest BCUT2D eigenvalue weighted by Gasteiger charge is 2.19. The fourth-order valence-corrected chi connectivity index (χ4v) is 2.46. The molecule has 0 saturated carbocycles. The van der Waals surface area contributed by atoms with Gasteiger partial charge >= 0.3 is 5.97 Å². The van der Waals surface area contributed by atoms with Crippen LogP contribution in [-0.4, -0.2) is 38.9 Å². The van der Waals surface area contributed by atoms with E-state index in [1.165, 1.54) is 5.56 Å². The second-order valence-electron chi connectivity index (χ2n) is 5.51. The maximum Gasteiger partial charge on any atom is 0.357 e. The number of benzene rings is 1. The number of ether oxygens (including phenoxy) is 2.